The van der Waals surface area contributed by atoms with Gasteiger partial charge < -0.3 is 10.1 Å². The number of nitrogens with zero attached hydrogens (tertiary/aromatic N) is 2. The molecule has 6 heteroatoms. The second-order valence-corrected chi connectivity index (χ2v) is 5.91. The van der Waals surface area contributed by atoms with Gasteiger partial charge in [0, 0.05) is 13.0 Å². The van der Waals surface area contributed by atoms with Gasteiger partial charge in [0.1, 0.15) is 18.1 Å². The fourth-order valence-corrected chi connectivity index (χ4v) is 2.79. The molecule has 0 atom stereocenters. The van der Waals surface area contributed by atoms with Crippen LogP contribution in [0.15, 0.2) is 53.3 Å². The summed E-state index contributed by atoms with van der Waals surface area (Å²) >= 11 is 0. The number of para-hydroxylation sites is 1. The maximum absolute atomic E-state index is 12.7. The highest BCUT2D eigenvalue weighted by Crippen LogP contribution is 2.11. The molecule has 1 aromatic heterocycles. The average molecular weight is 351 g/mol. The first kappa shape index (κ1) is 17.7. The lowest BCUT2D eigenvalue weighted by Gasteiger charge is -2.12. The number of amides is 1. The van der Waals surface area contributed by atoms with E-state index >= 15 is 0 Å². The fraction of sp³-hybridized carbons (Fsp3) is 0.250. The van der Waals surface area contributed by atoms with Gasteiger partial charge in [-0.3, -0.25) is 14.2 Å². The topological polar surface area (TPSA) is 73.2 Å². The van der Waals surface area contributed by atoms with Crippen LogP contribution in [0.25, 0.3) is 10.9 Å². The van der Waals surface area contributed by atoms with Crippen LogP contribution in [-0.2, 0) is 24.3 Å². The highest BCUT2D eigenvalue weighted by molar-refractivity contribution is 5.79. The van der Waals surface area contributed by atoms with Gasteiger partial charge in [-0.25, -0.2) is 4.98 Å². The van der Waals surface area contributed by atoms with Gasteiger partial charge in [0.25, 0.3) is 5.56 Å². The summed E-state index contributed by atoms with van der Waals surface area (Å²) < 4.78 is 6.57. The van der Waals surface area contributed by atoms with Crippen molar-refractivity contribution in [2.75, 3.05) is 7.11 Å². The van der Waals surface area contributed by atoms with E-state index in [1.807, 2.05) is 43.3 Å². The molecule has 0 aliphatic carbocycles. The zero-order valence-electron chi connectivity index (χ0n) is 14.9. The van der Waals surface area contributed by atoms with Crippen LogP contribution in [0.4, 0.5) is 0 Å². The highest BCUT2D eigenvalue weighted by Gasteiger charge is 2.12. The summed E-state index contributed by atoms with van der Waals surface area (Å²) in [6, 6.07) is 14.6. The molecule has 0 saturated carbocycles. The third kappa shape index (κ3) is 3.74. The number of carbonyl (C=O) groups is 1. The summed E-state index contributed by atoms with van der Waals surface area (Å²) in [5.41, 5.74) is 1.43. The van der Waals surface area contributed by atoms with Gasteiger partial charge in [-0.1, -0.05) is 31.2 Å². The standard InChI is InChI=1S/C20H21N3O3/c1-3-18-22-17-7-5-4-6-16(17)20(25)23(18)13-19(24)21-12-14-8-10-15(26-2)11-9-14/h4-11H,3,12-13H2,1-2H3,(H,21,24). The van der Waals surface area contributed by atoms with Crippen LogP contribution >= 0.6 is 0 Å². The van der Waals surface area contributed by atoms with E-state index in [0.717, 1.165) is 11.3 Å². The predicted octanol–water partition coefficient (Wildman–Crippen LogP) is 2.28. The van der Waals surface area contributed by atoms with Gasteiger partial charge in [-0.2, -0.15) is 0 Å². The number of carbonyl (C=O) groups excluding carboxylic acids is 1. The van der Waals surface area contributed by atoms with Crippen LogP contribution in [0.2, 0.25) is 0 Å². The number of aromatic nitrogens is 2. The first-order valence-electron chi connectivity index (χ1n) is 8.50. The first-order valence-corrected chi connectivity index (χ1v) is 8.50. The van der Waals surface area contributed by atoms with Crippen molar-refractivity contribution in [3.63, 3.8) is 0 Å². The van der Waals surface area contributed by atoms with Crippen LogP contribution < -0.4 is 15.6 Å². The molecular weight excluding hydrogens is 330 g/mol. The largest absolute Gasteiger partial charge is 0.497 e. The van der Waals surface area contributed by atoms with Crippen LogP contribution in [0.5, 0.6) is 5.75 Å². The molecule has 1 N–H and O–H groups in total. The predicted molar refractivity (Wildman–Crippen MR) is 100 cm³/mol. The number of fused-ring (bicyclic) bond motifs is 1. The molecule has 0 saturated heterocycles. The second-order valence-electron chi connectivity index (χ2n) is 5.91. The average Bonchev–Trinajstić information content (AvgIpc) is 2.68. The van der Waals surface area contributed by atoms with Crippen molar-refractivity contribution in [2.45, 2.75) is 26.4 Å². The zero-order chi connectivity index (χ0) is 18.5. The minimum absolute atomic E-state index is 0.0456. The highest BCUT2D eigenvalue weighted by atomic mass is 16.5. The normalized spacial score (nSPS) is 10.7. The lowest BCUT2D eigenvalue weighted by atomic mass is 10.2. The molecule has 26 heavy (non-hydrogen) atoms. The first-order chi connectivity index (χ1) is 12.6. The summed E-state index contributed by atoms with van der Waals surface area (Å²) in [7, 11) is 1.61. The van der Waals surface area contributed by atoms with Crippen LogP contribution in [0.3, 0.4) is 0 Å². The van der Waals surface area contributed by atoms with Crippen molar-refractivity contribution in [2.24, 2.45) is 0 Å². The van der Waals surface area contributed by atoms with E-state index in [9.17, 15) is 9.59 Å². The van der Waals surface area contributed by atoms with Gasteiger partial charge in [0.15, 0.2) is 0 Å². The molecule has 0 spiro atoms. The Hall–Kier alpha value is -3.15. The van der Waals surface area contributed by atoms with Crippen molar-refractivity contribution < 1.29 is 9.53 Å². The van der Waals surface area contributed by atoms with E-state index in [-0.39, 0.29) is 18.0 Å². The Morgan fingerprint density at radius 2 is 1.88 bits per heavy atom. The Labute approximate surface area is 151 Å². The van der Waals surface area contributed by atoms with Gasteiger partial charge in [-0.15, -0.1) is 0 Å². The Kier molecular flexibility index (Phi) is 5.31. The van der Waals surface area contributed by atoms with E-state index in [1.165, 1.54) is 4.57 Å². The third-order valence-corrected chi connectivity index (χ3v) is 4.21. The number of nitrogens with one attached hydrogen (secondary N) is 1. The second kappa shape index (κ2) is 7.82. The third-order valence-electron chi connectivity index (χ3n) is 4.21. The molecule has 0 bridgehead atoms. The quantitative estimate of drug-likeness (QED) is 0.739. The Bertz CT molecular complexity index is 978. The number of ether oxygens (including phenoxy) is 1. The SMILES string of the molecule is CCc1nc2ccccc2c(=O)n1CC(=O)NCc1ccc(OC)cc1. The molecule has 2 aromatic carbocycles. The van der Waals surface area contributed by atoms with Crippen molar-refractivity contribution in [3.05, 3.63) is 70.3 Å². The van der Waals surface area contributed by atoms with Crippen molar-refractivity contribution >= 4 is 16.8 Å². The maximum atomic E-state index is 12.7. The van der Waals surface area contributed by atoms with Gasteiger partial charge in [-0.05, 0) is 29.8 Å². The Morgan fingerprint density at radius 3 is 2.58 bits per heavy atom. The molecule has 6 nitrogen and oxygen atoms in total. The van der Waals surface area contributed by atoms with E-state index in [0.29, 0.717) is 29.7 Å². The molecule has 0 radical (unpaired) electrons. The number of hydrogen-bond acceptors (Lipinski definition) is 4. The summed E-state index contributed by atoms with van der Waals surface area (Å²) in [5.74, 6) is 1.14. The smallest absolute Gasteiger partial charge is 0.261 e. The molecule has 3 rings (SSSR count). The molecule has 1 amide bonds. The molecule has 134 valence electrons. The summed E-state index contributed by atoms with van der Waals surface area (Å²) in [6.07, 6.45) is 0.575. The molecule has 0 aliphatic rings. The molecule has 0 fully saturated rings. The summed E-state index contributed by atoms with van der Waals surface area (Å²) in [6.45, 7) is 2.26. The lowest BCUT2D eigenvalue weighted by Crippen LogP contribution is -2.34. The maximum Gasteiger partial charge on any atom is 0.261 e. The number of hydrogen-bond donors (Lipinski definition) is 1. The van der Waals surface area contributed by atoms with Crippen LogP contribution in [0, 0.1) is 0 Å². The molecule has 3 aromatic rings. The Morgan fingerprint density at radius 1 is 1.15 bits per heavy atom. The van der Waals surface area contributed by atoms with E-state index < -0.39 is 0 Å². The van der Waals surface area contributed by atoms with Crippen molar-refractivity contribution in [3.8, 4) is 5.75 Å². The fourth-order valence-electron chi connectivity index (χ4n) is 2.79. The van der Waals surface area contributed by atoms with Gasteiger partial charge >= 0.3 is 0 Å². The zero-order valence-corrected chi connectivity index (χ0v) is 14.9. The van der Waals surface area contributed by atoms with Crippen LogP contribution in [-0.4, -0.2) is 22.6 Å². The van der Waals surface area contributed by atoms with Gasteiger partial charge in [0.2, 0.25) is 5.91 Å². The minimum Gasteiger partial charge on any atom is -0.497 e. The number of methoxy groups -OCH3 is 1. The Balaban J connectivity index is 1.76. The number of benzene rings is 2. The molecular formula is C20H21N3O3. The molecule has 0 aliphatic heterocycles. The van der Waals surface area contributed by atoms with E-state index in [1.54, 1.807) is 19.2 Å². The number of aryl methyl sites for hydroxylation is 1. The molecule has 0 unspecified atom stereocenters. The van der Waals surface area contributed by atoms with Crippen molar-refractivity contribution in [1.29, 1.82) is 0 Å². The van der Waals surface area contributed by atoms with E-state index in [2.05, 4.69) is 10.3 Å². The number of rotatable bonds is 6. The summed E-state index contributed by atoms with van der Waals surface area (Å²) in [5, 5.41) is 3.37. The van der Waals surface area contributed by atoms with Gasteiger partial charge in [0.05, 0.1) is 18.0 Å². The van der Waals surface area contributed by atoms with E-state index in [4.69, 9.17) is 4.74 Å². The minimum atomic E-state index is -0.227. The van der Waals surface area contributed by atoms with Crippen LogP contribution in [0.1, 0.15) is 18.3 Å². The monoisotopic (exact) mass is 351 g/mol. The van der Waals surface area contributed by atoms with Crippen molar-refractivity contribution in [1.82, 2.24) is 14.9 Å². The molecule has 1 heterocycles. The lowest BCUT2D eigenvalue weighted by molar-refractivity contribution is -0.121. The summed E-state index contributed by atoms with van der Waals surface area (Å²) in [4.78, 5) is 29.6.